The van der Waals surface area contributed by atoms with Gasteiger partial charge in [0.1, 0.15) is 18.4 Å². The molecule has 1 aromatic heterocycles. The fourth-order valence-electron chi connectivity index (χ4n) is 4.50. The van der Waals surface area contributed by atoms with Gasteiger partial charge in [0.15, 0.2) is 4.80 Å². The number of ether oxygens (including phenoxy) is 2. The third-order valence-corrected chi connectivity index (χ3v) is 9.18. The molecule has 0 radical (unpaired) electrons. The number of hydrogen-bond donors (Lipinski definition) is 0. The van der Waals surface area contributed by atoms with Gasteiger partial charge in [-0.15, -0.1) is 0 Å². The molecular weight excluding hydrogens is 762 g/mol. The number of allylic oxidation sites excluding steroid dienone is 1. The summed E-state index contributed by atoms with van der Waals surface area (Å²) < 4.78 is 15.3. The Morgan fingerprint density at radius 1 is 1.17 bits per heavy atom. The Hall–Kier alpha value is -2.44. The van der Waals surface area contributed by atoms with Crippen LogP contribution in [-0.2, 0) is 16.1 Å². The molecule has 0 unspecified atom stereocenters. The number of benzene rings is 3. The van der Waals surface area contributed by atoms with E-state index in [0.717, 1.165) is 19.2 Å². The van der Waals surface area contributed by atoms with E-state index in [1.807, 2.05) is 48.5 Å². The lowest BCUT2D eigenvalue weighted by Crippen LogP contribution is -2.40. The van der Waals surface area contributed by atoms with Crippen LogP contribution in [0.25, 0.3) is 6.08 Å². The maximum atomic E-state index is 14.0. The van der Waals surface area contributed by atoms with Crippen molar-refractivity contribution < 1.29 is 14.3 Å². The van der Waals surface area contributed by atoms with Gasteiger partial charge in [-0.05, 0) is 84.0 Å². The van der Waals surface area contributed by atoms with Crippen LogP contribution in [0.5, 0.6) is 5.75 Å². The Morgan fingerprint density at radius 3 is 2.61 bits per heavy atom. The average Bonchev–Trinajstić information content (AvgIpc) is 3.23. The van der Waals surface area contributed by atoms with Crippen molar-refractivity contribution >= 4 is 85.1 Å². The van der Waals surface area contributed by atoms with Crippen molar-refractivity contribution in [3.63, 3.8) is 0 Å². The summed E-state index contributed by atoms with van der Waals surface area (Å²) in [7, 11) is 0. The Morgan fingerprint density at radius 2 is 1.90 bits per heavy atom. The number of halogens is 4. The van der Waals surface area contributed by atoms with E-state index in [0.29, 0.717) is 43.0 Å². The predicted octanol–water partition coefficient (Wildman–Crippen LogP) is 7.05. The monoisotopic (exact) mass is 782 g/mol. The number of aromatic nitrogens is 1. The first-order valence-electron chi connectivity index (χ1n) is 12.5. The maximum absolute atomic E-state index is 14.0. The first kappa shape index (κ1) is 30.0. The van der Waals surface area contributed by atoms with E-state index in [9.17, 15) is 9.59 Å². The van der Waals surface area contributed by atoms with E-state index >= 15 is 0 Å². The molecule has 1 atom stereocenters. The Balaban J connectivity index is 1.65. The summed E-state index contributed by atoms with van der Waals surface area (Å²) in [4.78, 5) is 32.3. The number of nitrogens with zero attached hydrogens (tertiary/aromatic N) is 2. The van der Waals surface area contributed by atoms with Crippen molar-refractivity contribution in [2.75, 3.05) is 6.61 Å². The number of carbonyl (C=O) groups is 1. The molecule has 11 heteroatoms. The summed E-state index contributed by atoms with van der Waals surface area (Å²) in [5.74, 6) is 0.105. The van der Waals surface area contributed by atoms with Crippen LogP contribution in [0.3, 0.4) is 0 Å². The zero-order chi connectivity index (χ0) is 29.3. The van der Waals surface area contributed by atoms with E-state index in [4.69, 9.17) is 32.7 Å². The molecule has 0 aliphatic carbocycles. The zero-order valence-electron chi connectivity index (χ0n) is 21.8. The molecule has 5 rings (SSSR count). The van der Waals surface area contributed by atoms with Crippen molar-refractivity contribution in [2.24, 2.45) is 4.99 Å². The summed E-state index contributed by atoms with van der Waals surface area (Å²) in [5, 5.41) is 1.09. The summed E-state index contributed by atoms with van der Waals surface area (Å²) >= 11 is 19.7. The van der Waals surface area contributed by atoms with Crippen LogP contribution >= 0.6 is 73.1 Å². The molecule has 0 spiro atoms. The number of rotatable bonds is 7. The van der Waals surface area contributed by atoms with Crippen LogP contribution in [0.2, 0.25) is 10.0 Å². The van der Waals surface area contributed by atoms with E-state index in [1.165, 1.54) is 15.9 Å². The lowest BCUT2D eigenvalue weighted by Gasteiger charge is -2.25. The summed E-state index contributed by atoms with van der Waals surface area (Å²) in [6.07, 6.45) is 1.79. The van der Waals surface area contributed by atoms with Crippen molar-refractivity contribution in [1.29, 1.82) is 0 Å². The van der Waals surface area contributed by atoms with E-state index in [1.54, 1.807) is 32.1 Å². The smallest absolute Gasteiger partial charge is 0.338 e. The van der Waals surface area contributed by atoms with Crippen LogP contribution in [0.4, 0.5) is 0 Å². The third kappa shape index (κ3) is 6.34. The van der Waals surface area contributed by atoms with Crippen molar-refractivity contribution in [1.82, 2.24) is 4.57 Å². The highest BCUT2D eigenvalue weighted by Crippen LogP contribution is 2.35. The standard InChI is InChI=1S/C30H22BrCl2IN2O4S/c1-3-39-29(38)25-16(2)35-30-36(26(25)21-6-4-5-7-22(21)33)28(37)24(41-30)13-18-12-19(31)14-23(34)27(18)40-15-17-8-10-20(32)11-9-17/h4-14,26H,3,15H2,1-2H3/b24-13-/t26-/m0/s1. The van der Waals surface area contributed by atoms with Crippen molar-refractivity contribution in [2.45, 2.75) is 26.5 Å². The highest BCUT2D eigenvalue weighted by Gasteiger charge is 2.34. The van der Waals surface area contributed by atoms with E-state index in [2.05, 4.69) is 43.5 Å². The van der Waals surface area contributed by atoms with E-state index < -0.39 is 12.0 Å². The van der Waals surface area contributed by atoms with E-state index in [-0.39, 0.29) is 17.7 Å². The van der Waals surface area contributed by atoms with Crippen molar-refractivity contribution in [3.05, 3.63) is 126 Å². The van der Waals surface area contributed by atoms with Gasteiger partial charge in [-0.3, -0.25) is 9.36 Å². The quantitative estimate of drug-likeness (QED) is 0.149. The molecule has 0 saturated carbocycles. The molecule has 41 heavy (non-hydrogen) atoms. The second kappa shape index (κ2) is 12.8. The molecule has 0 fully saturated rings. The molecule has 0 saturated heterocycles. The lowest BCUT2D eigenvalue weighted by molar-refractivity contribution is -0.139. The molecular formula is C30H22BrCl2IN2O4S. The second-order valence-electron chi connectivity index (χ2n) is 9.04. The van der Waals surface area contributed by atoms with Crippen LogP contribution in [0.1, 0.15) is 36.6 Å². The fourth-order valence-corrected chi connectivity index (χ4v) is 7.61. The minimum Gasteiger partial charge on any atom is -0.487 e. The highest BCUT2D eigenvalue weighted by molar-refractivity contribution is 14.1. The molecule has 0 N–H and O–H groups in total. The van der Waals surface area contributed by atoms with Crippen LogP contribution in [0.15, 0.2) is 86.2 Å². The van der Waals surface area contributed by atoms with Crippen LogP contribution in [0, 0.1) is 3.57 Å². The van der Waals surface area contributed by atoms with Gasteiger partial charge in [-0.25, -0.2) is 9.79 Å². The van der Waals surface area contributed by atoms with Gasteiger partial charge in [-0.2, -0.15) is 0 Å². The van der Waals surface area contributed by atoms with Crippen LogP contribution < -0.4 is 19.6 Å². The molecule has 4 aromatic rings. The number of esters is 1. The topological polar surface area (TPSA) is 69.9 Å². The van der Waals surface area contributed by atoms with Crippen LogP contribution in [-0.4, -0.2) is 17.1 Å². The van der Waals surface area contributed by atoms with Gasteiger partial charge in [0.05, 0.1) is 26.0 Å². The largest absolute Gasteiger partial charge is 0.487 e. The molecule has 0 bridgehead atoms. The minimum atomic E-state index is -0.788. The predicted molar refractivity (Wildman–Crippen MR) is 174 cm³/mol. The first-order valence-corrected chi connectivity index (χ1v) is 15.9. The summed E-state index contributed by atoms with van der Waals surface area (Å²) in [5.41, 5.74) is 2.75. The second-order valence-corrected chi connectivity index (χ2v) is 13.0. The molecule has 1 aliphatic rings. The number of fused-ring (bicyclic) bond motifs is 1. The molecule has 0 amide bonds. The van der Waals surface area contributed by atoms with Gasteiger partial charge in [0.25, 0.3) is 5.56 Å². The van der Waals surface area contributed by atoms with Gasteiger partial charge in [-0.1, -0.05) is 80.8 Å². The molecule has 1 aliphatic heterocycles. The maximum Gasteiger partial charge on any atom is 0.338 e. The number of thiazole rings is 1. The zero-order valence-corrected chi connectivity index (χ0v) is 27.9. The fraction of sp³-hybridized carbons (Fsp3) is 0.167. The SMILES string of the molecule is CCOC(=O)C1=C(C)N=c2s/c(=C\c3cc(Br)cc(I)c3OCc3ccc(Cl)cc3)c(=O)n2[C@H]1c1ccccc1Cl. The van der Waals surface area contributed by atoms with Gasteiger partial charge in [0, 0.05) is 20.1 Å². The van der Waals surface area contributed by atoms with Crippen molar-refractivity contribution in [3.8, 4) is 5.75 Å². The number of hydrogen-bond acceptors (Lipinski definition) is 6. The summed E-state index contributed by atoms with van der Waals surface area (Å²) in [6, 6.07) is 17.7. The Bertz CT molecular complexity index is 1870. The lowest BCUT2D eigenvalue weighted by atomic mass is 9.96. The molecule has 3 aromatic carbocycles. The Labute approximate surface area is 272 Å². The average molecular weight is 784 g/mol. The van der Waals surface area contributed by atoms with Gasteiger partial charge in [0.2, 0.25) is 0 Å². The minimum absolute atomic E-state index is 0.190. The van der Waals surface area contributed by atoms with Gasteiger partial charge < -0.3 is 9.47 Å². The normalized spacial score (nSPS) is 15.0. The third-order valence-electron chi connectivity index (χ3n) is 6.34. The molecule has 210 valence electrons. The summed E-state index contributed by atoms with van der Waals surface area (Å²) in [6.45, 7) is 3.99. The molecule has 2 heterocycles. The van der Waals surface area contributed by atoms with Gasteiger partial charge >= 0.3 is 5.97 Å². The Kier molecular flexibility index (Phi) is 9.40. The highest BCUT2D eigenvalue weighted by atomic mass is 127. The first-order chi connectivity index (χ1) is 19.7. The molecule has 6 nitrogen and oxygen atoms in total. The number of carbonyl (C=O) groups excluding carboxylic acids is 1.